The molecule has 4 rings (SSSR count). The fraction of sp³-hybridized carbons (Fsp3) is 0.830. The maximum atomic E-state index is 8.40. The first kappa shape index (κ1) is 57.0. The number of likely N-dealkylation sites (N-methyl/N-ethyl adjacent to an activating group) is 1. The molecule has 10 nitrogen and oxygen atoms in total. The predicted molar refractivity (Wildman–Crippen MR) is 244 cm³/mol. The van der Waals surface area contributed by atoms with Crippen molar-refractivity contribution in [2.24, 2.45) is 21.7 Å². The summed E-state index contributed by atoms with van der Waals surface area (Å²) in [6.07, 6.45) is 8.87. The first-order valence-corrected chi connectivity index (χ1v) is 21.1. The van der Waals surface area contributed by atoms with Crippen LogP contribution in [0.4, 0.5) is 0 Å². The lowest BCUT2D eigenvalue weighted by molar-refractivity contribution is 0.0236. The summed E-state index contributed by atoms with van der Waals surface area (Å²) in [6.45, 7) is 53.4. The first-order chi connectivity index (χ1) is 25.8. The maximum Gasteiger partial charge on any atom is 0.0640 e. The number of aliphatic hydroxyl groups is 1. The van der Waals surface area contributed by atoms with Crippen LogP contribution >= 0.6 is 0 Å². The van der Waals surface area contributed by atoms with Gasteiger partial charge in [0.05, 0.1) is 36.9 Å². The number of aliphatic hydroxyl groups excluding tert-OH is 1. The summed E-state index contributed by atoms with van der Waals surface area (Å²) >= 11 is 0. The van der Waals surface area contributed by atoms with Crippen LogP contribution in [0, 0.1) is 28.6 Å². The fourth-order valence-corrected chi connectivity index (χ4v) is 5.01. The largest absolute Gasteiger partial charge is 0.396 e. The number of rotatable bonds is 3. The number of methoxy groups -OCH3 is 1. The molecule has 0 radical (unpaired) electrons. The third-order valence-corrected chi connectivity index (χ3v) is 8.03. The van der Waals surface area contributed by atoms with Crippen molar-refractivity contribution in [2.45, 2.75) is 142 Å². The smallest absolute Gasteiger partial charge is 0.0640 e. The van der Waals surface area contributed by atoms with Crippen molar-refractivity contribution in [3.05, 3.63) is 48.1 Å². The quantitative estimate of drug-likeness (QED) is 0.324. The fourth-order valence-electron chi connectivity index (χ4n) is 5.01. The van der Waals surface area contributed by atoms with Crippen LogP contribution in [0.2, 0.25) is 0 Å². The zero-order valence-electron chi connectivity index (χ0n) is 41.3. The van der Waals surface area contributed by atoms with Crippen LogP contribution < -0.4 is 0 Å². The number of hydrogen-bond donors (Lipinski definition) is 1. The summed E-state index contributed by atoms with van der Waals surface area (Å²) in [7, 11) is 3.93. The van der Waals surface area contributed by atoms with Gasteiger partial charge in [-0.25, -0.2) is 0 Å². The third-order valence-electron chi connectivity index (χ3n) is 8.03. The SMILES string of the molecule is CC(C)(C)CN1CCOCC1.CC(C)(C)CO.CC(C)(C)c1cnccn1.CN1CCN(CC(C)(C)C)CC1.COCC(C)(C)C.Cc1cnc(C(C)(C)C)cn1. The molecule has 10 heteroatoms. The van der Waals surface area contributed by atoms with Gasteiger partial charge in [0, 0.05) is 108 Å². The molecular weight excluding hydrogens is 711 g/mol. The Morgan fingerprint density at radius 2 is 1.02 bits per heavy atom. The van der Waals surface area contributed by atoms with Gasteiger partial charge in [-0.1, -0.05) is 125 Å². The van der Waals surface area contributed by atoms with Crippen LogP contribution in [-0.2, 0) is 20.3 Å². The molecule has 0 aromatic carbocycles. The van der Waals surface area contributed by atoms with Crippen molar-refractivity contribution >= 4 is 0 Å². The van der Waals surface area contributed by atoms with Crippen LogP contribution in [0.25, 0.3) is 0 Å². The summed E-state index contributed by atoms with van der Waals surface area (Å²) in [4.78, 5) is 24.1. The molecule has 2 saturated heterocycles. The molecule has 0 saturated carbocycles. The van der Waals surface area contributed by atoms with E-state index in [1.54, 1.807) is 31.9 Å². The lowest BCUT2D eigenvalue weighted by Gasteiger charge is -2.36. The minimum absolute atomic E-state index is 0.0972. The third kappa shape index (κ3) is 36.7. The molecule has 2 aromatic heterocycles. The summed E-state index contributed by atoms with van der Waals surface area (Å²) in [5.74, 6) is 0. The van der Waals surface area contributed by atoms with Gasteiger partial charge in [-0.15, -0.1) is 0 Å². The van der Waals surface area contributed by atoms with E-state index >= 15 is 0 Å². The number of ether oxygens (including phenoxy) is 2. The molecule has 0 unspecified atom stereocenters. The molecule has 2 aliphatic rings. The Morgan fingerprint density at radius 1 is 0.579 bits per heavy atom. The number of nitrogens with zero attached hydrogens (tertiary/aromatic N) is 7. The Bertz CT molecular complexity index is 1230. The van der Waals surface area contributed by atoms with E-state index in [9.17, 15) is 0 Å². The molecule has 0 aliphatic carbocycles. The van der Waals surface area contributed by atoms with Crippen molar-refractivity contribution in [1.29, 1.82) is 0 Å². The second kappa shape index (κ2) is 26.9. The van der Waals surface area contributed by atoms with Crippen molar-refractivity contribution in [3.63, 3.8) is 0 Å². The summed E-state index contributed by atoms with van der Waals surface area (Å²) in [6, 6.07) is 0. The Labute approximate surface area is 353 Å². The van der Waals surface area contributed by atoms with Gasteiger partial charge in [0.25, 0.3) is 0 Å². The zero-order valence-corrected chi connectivity index (χ0v) is 41.3. The van der Waals surface area contributed by atoms with E-state index in [2.05, 4.69) is 146 Å². The molecule has 2 aliphatic heterocycles. The van der Waals surface area contributed by atoms with E-state index < -0.39 is 0 Å². The van der Waals surface area contributed by atoms with E-state index in [4.69, 9.17) is 14.6 Å². The standard InChI is InChI=1S/C10H22N2.C9H14N2.C9H19NO.C8H12N2.C6H14O.C5H12O/c1-10(2,3)9-12-7-5-11(4)6-8-12;1-7-5-11-8(6-10-7)9(2,3)4;1-9(2,3)8-10-4-6-11-7-5-10;1-8(2,3)7-6-9-4-5-10-7;1-6(2,3)5-7-4;1-5(2,3)4-6/h5-9H2,1-4H3;5-6H,1-4H3;4-8H2,1-3H3;4-6H,1-3H3;5H2,1-4H3;6H,4H2,1-3H3. The van der Waals surface area contributed by atoms with Gasteiger partial charge in [-0.2, -0.15) is 0 Å². The van der Waals surface area contributed by atoms with Crippen LogP contribution in [0.3, 0.4) is 0 Å². The van der Waals surface area contributed by atoms with Crippen molar-refractivity contribution in [2.75, 3.05) is 92.9 Å². The highest BCUT2D eigenvalue weighted by Crippen LogP contribution is 2.19. The molecular formula is C47H93N7O3. The molecule has 57 heavy (non-hydrogen) atoms. The number of piperazine rings is 1. The van der Waals surface area contributed by atoms with E-state index in [-0.39, 0.29) is 22.9 Å². The van der Waals surface area contributed by atoms with Gasteiger partial charge in [0.15, 0.2) is 0 Å². The predicted octanol–water partition coefficient (Wildman–Crippen LogP) is 9.20. The Kier molecular flexibility index (Phi) is 26.9. The average molecular weight is 804 g/mol. The van der Waals surface area contributed by atoms with Crippen molar-refractivity contribution in [1.82, 2.24) is 34.6 Å². The van der Waals surface area contributed by atoms with Crippen molar-refractivity contribution < 1.29 is 14.6 Å². The van der Waals surface area contributed by atoms with Gasteiger partial charge in [0.2, 0.25) is 0 Å². The Morgan fingerprint density at radius 3 is 1.30 bits per heavy atom. The van der Waals surface area contributed by atoms with Crippen LogP contribution in [0.1, 0.15) is 142 Å². The van der Waals surface area contributed by atoms with Crippen LogP contribution in [0.15, 0.2) is 31.0 Å². The highest BCUT2D eigenvalue weighted by Gasteiger charge is 2.20. The zero-order chi connectivity index (χ0) is 44.7. The minimum atomic E-state index is 0.0972. The van der Waals surface area contributed by atoms with Gasteiger partial charge in [-0.05, 0) is 35.6 Å². The normalized spacial score (nSPS) is 16.1. The van der Waals surface area contributed by atoms with Gasteiger partial charge >= 0.3 is 0 Å². The molecule has 1 N–H and O–H groups in total. The summed E-state index contributed by atoms with van der Waals surface area (Å²) < 4.78 is 10.2. The van der Waals surface area contributed by atoms with E-state index in [1.807, 2.05) is 33.9 Å². The molecule has 4 heterocycles. The summed E-state index contributed by atoms with van der Waals surface area (Å²) in [5, 5.41) is 8.40. The van der Waals surface area contributed by atoms with E-state index in [1.165, 1.54) is 39.3 Å². The number of hydrogen-bond acceptors (Lipinski definition) is 10. The summed E-state index contributed by atoms with van der Waals surface area (Å²) in [5.41, 5.74) is 4.59. The van der Waals surface area contributed by atoms with Gasteiger partial charge in [0.1, 0.15) is 0 Å². The Balaban J connectivity index is 0. The number of aromatic nitrogens is 4. The molecule has 0 bridgehead atoms. The molecule has 0 spiro atoms. The molecule has 334 valence electrons. The second-order valence-electron chi connectivity index (χ2n) is 22.4. The first-order valence-electron chi connectivity index (χ1n) is 21.1. The molecule has 2 aromatic rings. The topological polar surface area (TPSA) is 100.0 Å². The van der Waals surface area contributed by atoms with Crippen molar-refractivity contribution in [3.8, 4) is 0 Å². The number of morpholine rings is 1. The second-order valence-corrected chi connectivity index (χ2v) is 22.4. The van der Waals surface area contributed by atoms with Gasteiger partial charge < -0.3 is 24.4 Å². The highest BCUT2D eigenvalue weighted by molar-refractivity contribution is 5.10. The maximum absolute atomic E-state index is 8.40. The van der Waals surface area contributed by atoms with E-state index in [0.717, 1.165) is 50.0 Å². The highest BCUT2D eigenvalue weighted by atomic mass is 16.5. The lowest BCUT2D eigenvalue weighted by Crippen LogP contribution is -2.47. The number of aryl methyl sites for hydroxylation is 1. The Hall–Kier alpha value is -2.08. The minimum Gasteiger partial charge on any atom is -0.396 e. The molecule has 0 amide bonds. The molecule has 2 fully saturated rings. The monoisotopic (exact) mass is 804 g/mol. The molecule has 0 atom stereocenters. The average Bonchev–Trinajstić information content (AvgIpc) is 3.05. The van der Waals surface area contributed by atoms with Crippen LogP contribution in [0.5, 0.6) is 0 Å². The van der Waals surface area contributed by atoms with Crippen LogP contribution in [-0.4, -0.2) is 133 Å². The van der Waals surface area contributed by atoms with E-state index in [0.29, 0.717) is 16.2 Å². The van der Waals surface area contributed by atoms with Gasteiger partial charge in [-0.3, -0.25) is 24.8 Å². The lowest BCUT2D eigenvalue weighted by atomic mass is 9.93.